The second kappa shape index (κ2) is 9.53. The molecule has 1 N–H and O–H groups in total. The van der Waals surface area contributed by atoms with Crippen LogP contribution >= 0.6 is 11.6 Å². The number of benzene rings is 3. The summed E-state index contributed by atoms with van der Waals surface area (Å²) in [5.41, 5.74) is 1.62. The van der Waals surface area contributed by atoms with Crippen LogP contribution < -0.4 is 19.7 Å². The van der Waals surface area contributed by atoms with E-state index in [1.54, 1.807) is 47.4 Å². The lowest BCUT2D eigenvalue weighted by molar-refractivity contribution is -0.121. The van der Waals surface area contributed by atoms with E-state index >= 15 is 0 Å². The maximum atomic E-state index is 12.5. The molecule has 0 spiro atoms. The molecule has 0 atom stereocenters. The molecular weight excluding hydrogens is 416 g/mol. The molecule has 1 aliphatic heterocycles. The fourth-order valence-corrected chi connectivity index (χ4v) is 3.52. The Bertz CT molecular complexity index is 1090. The molecule has 4 rings (SSSR count). The van der Waals surface area contributed by atoms with Crippen LogP contribution in [0.25, 0.3) is 0 Å². The smallest absolute Gasteiger partial charge is 0.265 e. The summed E-state index contributed by atoms with van der Waals surface area (Å²) in [6.07, 6.45) is 0.672. The summed E-state index contributed by atoms with van der Waals surface area (Å²) in [5.74, 6) is 0.920. The Labute approximate surface area is 185 Å². The fourth-order valence-electron chi connectivity index (χ4n) is 3.30. The minimum Gasteiger partial charge on any atom is -0.494 e. The second-order valence-electron chi connectivity index (χ2n) is 6.97. The molecule has 3 aromatic rings. The number of para-hydroxylation sites is 1. The Morgan fingerprint density at radius 1 is 1.06 bits per heavy atom. The zero-order chi connectivity index (χ0) is 21.6. The van der Waals surface area contributed by atoms with Gasteiger partial charge in [0.05, 0.1) is 22.9 Å². The molecular formula is C24H21ClN2O4. The van der Waals surface area contributed by atoms with Crippen molar-refractivity contribution in [3.63, 3.8) is 0 Å². The Morgan fingerprint density at radius 2 is 1.84 bits per heavy atom. The van der Waals surface area contributed by atoms with Crippen LogP contribution in [-0.2, 0) is 4.79 Å². The molecule has 6 nitrogen and oxygen atoms in total. The number of nitrogens with one attached hydrogen (secondary N) is 1. The van der Waals surface area contributed by atoms with Gasteiger partial charge in [0.15, 0.2) is 6.61 Å². The summed E-state index contributed by atoms with van der Waals surface area (Å²) in [6.45, 7) is 0.956. The summed E-state index contributed by atoms with van der Waals surface area (Å²) in [4.78, 5) is 26.6. The van der Waals surface area contributed by atoms with Crippen LogP contribution in [0.1, 0.15) is 16.8 Å². The van der Waals surface area contributed by atoms with Crippen LogP contribution in [0.2, 0.25) is 5.02 Å². The van der Waals surface area contributed by atoms with E-state index in [2.05, 4.69) is 5.32 Å². The normalized spacial score (nSPS) is 12.7. The van der Waals surface area contributed by atoms with Gasteiger partial charge in [-0.1, -0.05) is 41.9 Å². The molecule has 0 aromatic heterocycles. The van der Waals surface area contributed by atoms with Crippen LogP contribution in [-0.4, -0.2) is 31.6 Å². The highest BCUT2D eigenvalue weighted by Gasteiger charge is 2.25. The predicted molar refractivity (Wildman–Crippen MR) is 120 cm³/mol. The van der Waals surface area contributed by atoms with Gasteiger partial charge in [-0.25, -0.2) is 0 Å². The number of amides is 2. The Morgan fingerprint density at radius 3 is 2.65 bits per heavy atom. The van der Waals surface area contributed by atoms with E-state index < -0.39 is 0 Å². The third-order valence-electron chi connectivity index (χ3n) is 4.82. The van der Waals surface area contributed by atoms with Gasteiger partial charge in [0.25, 0.3) is 11.8 Å². The van der Waals surface area contributed by atoms with Crippen molar-refractivity contribution in [2.45, 2.75) is 6.42 Å². The summed E-state index contributed by atoms with van der Waals surface area (Å²) in [7, 11) is 0. The molecule has 0 bridgehead atoms. The number of carbonyl (C=O) groups excluding carboxylic acids is 2. The zero-order valence-corrected chi connectivity index (χ0v) is 17.5. The average molecular weight is 437 g/mol. The number of rotatable bonds is 7. The molecule has 1 heterocycles. The first-order chi connectivity index (χ1) is 15.1. The number of nitrogens with zero attached hydrogens (tertiary/aromatic N) is 1. The van der Waals surface area contributed by atoms with Gasteiger partial charge < -0.3 is 19.7 Å². The fraction of sp³-hybridized carbons (Fsp3) is 0.167. The topological polar surface area (TPSA) is 67.9 Å². The zero-order valence-electron chi connectivity index (χ0n) is 16.7. The Hall–Kier alpha value is -3.51. The molecule has 7 heteroatoms. The average Bonchev–Trinajstić information content (AvgIpc) is 2.79. The molecule has 0 saturated carbocycles. The number of halogens is 1. The lowest BCUT2D eigenvalue weighted by Crippen LogP contribution is -2.39. The maximum Gasteiger partial charge on any atom is 0.265 e. The quantitative estimate of drug-likeness (QED) is 0.541. The molecule has 2 amide bonds. The van der Waals surface area contributed by atoms with Gasteiger partial charge in [0.2, 0.25) is 0 Å². The minimum atomic E-state index is -0.313. The van der Waals surface area contributed by atoms with Gasteiger partial charge in [-0.3, -0.25) is 9.59 Å². The van der Waals surface area contributed by atoms with Crippen LogP contribution in [0.15, 0.2) is 72.8 Å². The number of fused-ring (bicyclic) bond motifs is 1. The van der Waals surface area contributed by atoms with E-state index in [1.165, 1.54) is 0 Å². The summed E-state index contributed by atoms with van der Waals surface area (Å²) in [6, 6.07) is 21.6. The van der Waals surface area contributed by atoms with Crippen molar-refractivity contribution < 1.29 is 19.1 Å². The third-order valence-corrected chi connectivity index (χ3v) is 5.15. The standard InChI is InChI=1S/C24H21ClN2O4/c25-20-10-5-4-9-19(20)24(29)26-17-11-12-21-22(15-17)31-16-23(28)27(21)13-6-14-30-18-7-2-1-3-8-18/h1-5,7-12,15H,6,13-14,16H2,(H,26,29). The highest BCUT2D eigenvalue weighted by molar-refractivity contribution is 6.34. The van der Waals surface area contributed by atoms with E-state index in [-0.39, 0.29) is 18.4 Å². The maximum absolute atomic E-state index is 12.5. The van der Waals surface area contributed by atoms with Crippen molar-refractivity contribution in [2.75, 3.05) is 30.0 Å². The molecule has 31 heavy (non-hydrogen) atoms. The van der Waals surface area contributed by atoms with Gasteiger partial charge in [-0.15, -0.1) is 0 Å². The van der Waals surface area contributed by atoms with Gasteiger partial charge in [0, 0.05) is 18.3 Å². The predicted octanol–water partition coefficient (Wildman–Crippen LogP) is 4.79. The first kappa shape index (κ1) is 20.8. The molecule has 0 aliphatic carbocycles. The lowest BCUT2D eigenvalue weighted by atomic mass is 10.1. The van der Waals surface area contributed by atoms with Crippen LogP contribution in [0.5, 0.6) is 11.5 Å². The van der Waals surface area contributed by atoms with Crippen molar-refractivity contribution in [1.82, 2.24) is 0 Å². The van der Waals surface area contributed by atoms with Crippen molar-refractivity contribution >= 4 is 34.8 Å². The van der Waals surface area contributed by atoms with Gasteiger partial charge >= 0.3 is 0 Å². The molecule has 0 unspecified atom stereocenters. The van der Waals surface area contributed by atoms with E-state index in [0.717, 1.165) is 5.75 Å². The molecule has 0 fully saturated rings. The summed E-state index contributed by atoms with van der Waals surface area (Å²) >= 11 is 6.10. The lowest BCUT2D eigenvalue weighted by Gasteiger charge is -2.29. The number of hydrogen-bond acceptors (Lipinski definition) is 4. The van der Waals surface area contributed by atoms with Crippen molar-refractivity contribution in [3.05, 3.63) is 83.4 Å². The SMILES string of the molecule is O=C(Nc1ccc2c(c1)OCC(=O)N2CCCOc1ccccc1)c1ccccc1Cl. The third kappa shape index (κ3) is 4.98. The Balaban J connectivity index is 1.40. The molecule has 0 saturated heterocycles. The van der Waals surface area contributed by atoms with Crippen LogP contribution in [0, 0.1) is 0 Å². The van der Waals surface area contributed by atoms with Crippen molar-refractivity contribution in [2.24, 2.45) is 0 Å². The highest BCUT2D eigenvalue weighted by Crippen LogP contribution is 2.35. The number of anilines is 2. The van der Waals surface area contributed by atoms with E-state index in [4.69, 9.17) is 21.1 Å². The van der Waals surface area contributed by atoms with E-state index in [1.807, 2.05) is 30.3 Å². The number of hydrogen-bond donors (Lipinski definition) is 1. The largest absolute Gasteiger partial charge is 0.494 e. The molecule has 1 aliphatic rings. The molecule has 158 valence electrons. The minimum absolute atomic E-state index is 0.0472. The van der Waals surface area contributed by atoms with Crippen molar-refractivity contribution in [1.29, 1.82) is 0 Å². The van der Waals surface area contributed by atoms with Gasteiger partial charge in [-0.2, -0.15) is 0 Å². The van der Waals surface area contributed by atoms with Gasteiger partial charge in [0.1, 0.15) is 11.5 Å². The summed E-state index contributed by atoms with van der Waals surface area (Å²) in [5, 5.41) is 3.20. The van der Waals surface area contributed by atoms with E-state index in [0.29, 0.717) is 47.3 Å². The van der Waals surface area contributed by atoms with Crippen LogP contribution in [0.3, 0.4) is 0 Å². The second-order valence-corrected chi connectivity index (χ2v) is 7.37. The first-order valence-electron chi connectivity index (χ1n) is 9.93. The van der Waals surface area contributed by atoms with Gasteiger partial charge in [-0.05, 0) is 42.8 Å². The monoisotopic (exact) mass is 436 g/mol. The van der Waals surface area contributed by atoms with Crippen molar-refractivity contribution in [3.8, 4) is 11.5 Å². The number of carbonyl (C=O) groups is 2. The van der Waals surface area contributed by atoms with Crippen LogP contribution in [0.4, 0.5) is 11.4 Å². The number of ether oxygens (including phenoxy) is 2. The molecule has 0 radical (unpaired) electrons. The summed E-state index contributed by atoms with van der Waals surface area (Å²) < 4.78 is 11.3. The molecule has 3 aromatic carbocycles. The Kier molecular flexibility index (Phi) is 6.38. The first-order valence-corrected chi connectivity index (χ1v) is 10.3. The van der Waals surface area contributed by atoms with E-state index in [9.17, 15) is 9.59 Å². The highest BCUT2D eigenvalue weighted by atomic mass is 35.5.